The summed E-state index contributed by atoms with van der Waals surface area (Å²) in [4.78, 5) is 0. The second kappa shape index (κ2) is 6.90. The summed E-state index contributed by atoms with van der Waals surface area (Å²) >= 11 is 4.39. The van der Waals surface area contributed by atoms with Crippen molar-refractivity contribution in [1.29, 1.82) is 0 Å². The normalized spacial score (nSPS) is 15.3. The van der Waals surface area contributed by atoms with Gasteiger partial charge in [0.05, 0.1) is 11.1 Å². The summed E-state index contributed by atoms with van der Waals surface area (Å²) in [5, 5.41) is 9.10. The maximum absolute atomic E-state index is 14.0. The summed E-state index contributed by atoms with van der Waals surface area (Å²) in [6.45, 7) is 5.33. The van der Waals surface area contributed by atoms with Crippen molar-refractivity contribution in [2.24, 2.45) is 0 Å². The van der Waals surface area contributed by atoms with E-state index in [1.54, 1.807) is 12.1 Å². The van der Waals surface area contributed by atoms with E-state index in [-0.39, 0.29) is 18.1 Å². The van der Waals surface area contributed by atoms with Crippen molar-refractivity contribution in [3.05, 3.63) is 34.6 Å². The van der Waals surface area contributed by atoms with Crippen LogP contribution in [0.1, 0.15) is 38.8 Å². The third-order valence-corrected chi connectivity index (χ3v) is 4.48. The molecule has 0 heterocycles. The quantitative estimate of drug-likeness (QED) is 0.822. The molecule has 0 aliphatic heterocycles. The lowest BCUT2D eigenvalue weighted by Gasteiger charge is -2.28. The molecule has 3 nitrogen and oxygen atoms in total. The molecule has 0 saturated carbocycles. The molecule has 2 atom stereocenters. The minimum Gasteiger partial charge on any atom is -0.598 e. The topological polar surface area (TPSA) is 55.3 Å². The maximum atomic E-state index is 14.0. The molecule has 0 fully saturated rings. The molecular formula is C13H19ClFNO2S. The summed E-state index contributed by atoms with van der Waals surface area (Å²) in [5.41, 5.74) is 0.319. The van der Waals surface area contributed by atoms with Crippen LogP contribution in [0.5, 0.6) is 0 Å². The van der Waals surface area contributed by atoms with Gasteiger partial charge < -0.3 is 9.66 Å². The number of aliphatic hydroxyl groups excluding tert-OH is 1. The molecule has 6 heteroatoms. The Hall–Kier alpha value is -0.330. The van der Waals surface area contributed by atoms with E-state index >= 15 is 0 Å². The fourth-order valence-electron chi connectivity index (χ4n) is 1.50. The summed E-state index contributed by atoms with van der Waals surface area (Å²) in [6, 6.07) is 4.13. The Bertz CT molecular complexity index is 426. The minimum absolute atomic E-state index is 0.0174. The van der Waals surface area contributed by atoms with Crippen LogP contribution in [0, 0.1) is 5.82 Å². The first-order valence-electron chi connectivity index (χ1n) is 6.00. The summed E-state index contributed by atoms with van der Waals surface area (Å²) < 4.78 is 28.4. The van der Waals surface area contributed by atoms with Crippen LogP contribution in [0.4, 0.5) is 4.39 Å². The molecule has 1 aromatic carbocycles. The van der Waals surface area contributed by atoms with Gasteiger partial charge in [-0.2, -0.15) is 0 Å². The zero-order chi connectivity index (χ0) is 14.6. The van der Waals surface area contributed by atoms with Gasteiger partial charge in [0.15, 0.2) is 0 Å². The van der Waals surface area contributed by atoms with Gasteiger partial charge in [-0.25, -0.2) is 4.39 Å². The van der Waals surface area contributed by atoms with E-state index < -0.39 is 28.0 Å². The highest BCUT2D eigenvalue weighted by Gasteiger charge is 2.30. The minimum atomic E-state index is -1.36. The van der Waals surface area contributed by atoms with E-state index in [2.05, 4.69) is 4.72 Å². The van der Waals surface area contributed by atoms with Crippen LogP contribution in [0.15, 0.2) is 18.2 Å². The number of aliphatic hydroxyl groups is 1. The Morgan fingerprint density at radius 3 is 2.63 bits per heavy atom. The van der Waals surface area contributed by atoms with Gasteiger partial charge in [-0.3, -0.25) is 0 Å². The van der Waals surface area contributed by atoms with Crippen LogP contribution in [0.25, 0.3) is 0 Å². The highest BCUT2D eigenvalue weighted by molar-refractivity contribution is 7.90. The van der Waals surface area contributed by atoms with E-state index in [0.29, 0.717) is 5.56 Å². The summed E-state index contributed by atoms with van der Waals surface area (Å²) in [7, 11) is 0. The van der Waals surface area contributed by atoms with Crippen LogP contribution in [0.3, 0.4) is 0 Å². The molecule has 0 bridgehead atoms. The Morgan fingerprint density at radius 2 is 2.11 bits per heavy atom. The molecule has 0 aliphatic carbocycles. The van der Waals surface area contributed by atoms with Gasteiger partial charge in [-0.05, 0) is 33.3 Å². The molecule has 1 rings (SSSR count). The van der Waals surface area contributed by atoms with E-state index in [4.69, 9.17) is 16.7 Å². The number of hydrogen-bond donors (Lipinski definition) is 2. The highest BCUT2D eigenvalue weighted by atomic mass is 35.5. The highest BCUT2D eigenvalue weighted by Crippen LogP contribution is 2.27. The Labute approximate surface area is 121 Å². The molecule has 0 saturated heterocycles. The average molecular weight is 308 g/mol. The molecule has 108 valence electrons. The summed E-state index contributed by atoms with van der Waals surface area (Å²) in [5.74, 6) is -0.541. The number of rotatable bonds is 5. The number of benzene rings is 1. The smallest absolute Gasteiger partial charge is 0.146 e. The lowest BCUT2D eigenvalue weighted by atomic mass is 10.0. The van der Waals surface area contributed by atoms with Crippen molar-refractivity contribution in [3.63, 3.8) is 0 Å². The van der Waals surface area contributed by atoms with Crippen LogP contribution in [-0.2, 0) is 11.4 Å². The van der Waals surface area contributed by atoms with Crippen molar-refractivity contribution >= 4 is 23.0 Å². The molecule has 0 aromatic heterocycles. The number of hydrogen-bond acceptors (Lipinski definition) is 3. The predicted octanol–water partition coefficient (Wildman–Crippen LogP) is 2.95. The zero-order valence-corrected chi connectivity index (χ0v) is 12.8. The largest absolute Gasteiger partial charge is 0.598 e. The van der Waals surface area contributed by atoms with Crippen molar-refractivity contribution < 1.29 is 14.0 Å². The van der Waals surface area contributed by atoms with Crippen LogP contribution >= 0.6 is 11.6 Å². The van der Waals surface area contributed by atoms with Crippen molar-refractivity contribution in [1.82, 2.24) is 4.72 Å². The second-order valence-electron chi connectivity index (χ2n) is 5.21. The van der Waals surface area contributed by atoms with Crippen molar-refractivity contribution in [3.8, 4) is 0 Å². The van der Waals surface area contributed by atoms with Gasteiger partial charge >= 0.3 is 0 Å². The predicted molar refractivity (Wildman–Crippen MR) is 76.9 cm³/mol. The third kappa shape index (κ3) is 4.61. The lowest BCUT2D eigenvalue weighted by Crippen LogP contribution is -2.41. The van der Waals surface area contributed by atoms with E-state index in [9.17, 15) is 8.94 Å². The SMILES string of the molecule is CC(C)(C)[S@@+]([O-])NC(CCO)c1cccc(Cl)c1F. The molecule has 0 amide bonds. The first kappa shape index (κ1) is 16.7. The van der Waals surface area contributed by atoms with Crippen molar-refractivity contribution in [2.75, 3.05) is 6.61 Å². The van der Waals surface area contributed by atoms with Crippen LogP contribution < -0.4 is 4.72 Å². The van der Waals surface area contributed by atoms with Gasteiger partial charge in [0.2, 0.25) is 0 Å². The van der Waals surface area contributed by atoms with Gasteiger partial charge in [0.1, 0.15) is 10.6 Å². The lowest BCUT2D eigenvalue weighted by molar-refractivity contribution is 0.271. The van der Waals surface area contributed by atoms with Gasteiger partial charge in [0, 0.05) is 23.5 Å². The van der Waals surface area contributed by atoms with E-state index in [0.717, 1.165) is 0 Å². The average Bonchev–Trinajstić information content (AvgIpc) is 2.31. The first-order valence-corrected chi connectivity index (χ1v) is 7.53. The van der Waals surface area contributed by atoms with Gasteiger partial charge in [-0.15, -0.1) is 4.72 Å². The standard InChI is InChI=1S/C13H19ClFNO2S/c1-13(2,3)19(18)16-11(7-8-17)9-5-4-6-10(14)12(9)15/h4-6,11,16-17H,7-8H2,1-3H3/t11?,19-/m1/s1. The molecule has 0 radical (unpaired) electrons. The molecule has 0 spiro atoms. The molecule has 1 unspecified atom stereocenters. The second-order valence-corrected chi connectivity index (χ2v) is 7.61. The molecule has 1 aromatic rings. The van der Waals surface area contributed by atoms with Gasteiger partial charge in [0.25, 0.3) is 0 Å². The first-order chi connectivity index (χ1) is 8.77. The molecular weight excluding hydrogens is 289 g/mol. The van der Waals surface area contributed by atoms with Crippen LogP contribution in [-0.4, -0.2) is 21.0 Å². The zero-order valence-electron chi connectivity index (χ0n) is 11.2. The Morgan fingerprint density at radius 1 is 1.47 bits per heavy atom. The van der Waals surface area contributed by atoms with E-state index in [1.807, 2.05) is 20.8 Å². The number of halogens is 2. The molecule has 0 aliphatic rings. The Balaban J connectivity index is 2.97. The molecule has 2 N–H and O–H groups in total. The van der Waals surface area contributed by atoms with E-state index in [1.165, 1.54) is 6.07 Å². The van der Waals surface area contributed by atoms with Crippen molar-refractivity contribution in [2.45, 2.75) is 38.0 Å². The third-order valence-electron chi connectivity index (χ3n) is 2.58. The fraction of sp³-hybridized carbons (Fsp3) is 0.538. The molecule has 19 heavy (non-hydrogen) atoms. The maximum Gasteiger partial charge on any atom is 0.146 e. The Kier molecular flexibility index (Phi) is 6.08. The van der Waals surface area contributed by atoms with Gasteiger partial charge in [-0.1, -0.05) is 23.7 Å². The van der Waals surface area contributed by atoms with Crippen LogP contribution in [0.2, 0.25) is 5.02 Å². The monoisotopic (exact) mass is 307 g/mol. The number of nitrogens with one attached hydrogen (secondary N) is 1. The fourth-order valence-corrected chi connectivity index (χ4v) is 2.54. The summed E-state index contributed by atoms with van der Waals surface area (Å²) in [6.07, 6.45) is 0.263.